The lowest BCUT2D eigenvalue weighted by Gasteiger charge is -2.52. The number of carbonyl (C=O) groups excluding carboxylic acids is 1. The van der Waals surface area contributed by atoms with E-state index in [4.69, 9.17) is 0 Å². The van der Waals surface area contributed by atoms with Crippen LogP contribution in [0.2, 0.25) is 0 Å². The van der Waals surface area contributed by atoms with Crippen LogP contribution in [0.1, 0.15) is 33.6 Å². The molecule has 0 radical (unpaired) electrons. The van der Waals surface area contributed by atoms with Crippen LogP contribution in [-0.2, 0) is 4.79 Å². The number of Topliss-reactive ketones (excluding diaryl/α,β-unsaturated/α-hetero) is 1. The zero-order chi connectivity index (χ0) is 9.80. The highest BCUT2D eigenvalue weighted by atomic mass is 16.1. The van der Waals surface area contributed by atoms with Crippen molar-refractivity contribution in [2.45, 2.75) is 33.6 Å². The van der Waals surface area contributed by atoms with Gasteiger partial charge in [0.05, 0.1) is 0 Å². The van der Waals surface area contributed by atoms with Crippen LogP contribution in [0.15, 0.2) is 12.2 Å². The molecule has 0 aromatic carbocycles. The van der Waals surface area contributed by atoms with Crippen LogP contribution >= 0.6 is 0 Å². The Morgan fingerprint density at radius 2 is 2.08 bits per heavy atom. The predicted octanol–water partition coefficient (Wildman–Crippen LogP) is 2.81. The molecule has 3 fully saturated rings. The zero-order valence-corrected chi connectivity index (χ0v) is 8.76. The highest BCUT2D eigenvalue weighted by Gasteiger charge is 2.50. The average Bonchev–Trinajstić information content (AvgIpc) is 2.03. The molecule has 0 aliphatic heterocycles. The van der Waals surface area contributed by atoms with Crippen molar-refractivity contribution in [1.82, 2.24) is 0 Å². The summed E-state index contributed by atoms with van der Waals surface area (Å²) in [6.07, 6.45) is 1.82. The van der Waals surface area contributed by atoms with Gasteiger partial charge in [-0.15, -0.1) is 0 Å². The van der Waals surface area contributed by atoms with Gasteiger partial charge in [0.25, 0.3) is 0 Å². The number of rotatable bonds is 0. The van der Waals surface area contributed by atoms with Crippen molar-refractivity contribution in [2.75, 3.05) is 0 Å². The number of hydrogen-bond donors (Lipinski definition) is 0. The second-order valence-corrected chi connectivity index (χ2v) is 5.39. The molecule has 2 bridgehead atoms. The third-order valence-electron chi connectivity index (χ3n) is 4.18. The van der Waals surface area contributed by atoms with Crippen LogP contribution < -0.4 is 0 Å². The predicted molar refractivity (Wildman–Crippen MR) is 53.3 cm³/mol. The van der Waals surface area contributed by atoms with Crippen molar-refractivity contribution in [1.29, 1.82) is 0 Å². The lowest BCUT2D eigenvalue weighted by molar-refractivity contribution is -0.133. The summed E-state index contributed by atoms with van der Waals surface area (Å²) in [6.45, 7) is 10.9. The maximum atomic E-state index is 11.6. The van der Waals surface area contributed by atoms with Gasteiger partial charge in [-0.2, -0.15) is 0 Å². The van der Waals surface area contributed by atoms with Gasteiger partial charge >= 0.3 is 0 Å². The van der Waals surface area contributed by atoms with Crippen LogP contribution in [0.3, 0.4) is 0 Å². The van der Waals surface area contributed by atoms with E-state index in [0.29, 0.717) is 23.0 Å². The second-order valence-electron chi connectivity index (χ2n) is 5.39. The minimum absolute atomic E-state index is 0.176. The van der Waals surface area contributed by atoms with Gasteiger partial charge in [0.1, 0.15) is 5.78 Å². The Labute approximate surface area is 80.2 Å². The molecule has 0 amide bonds. The van der Waals surface area contributed by atoms with E-state index in [9.17, 15) is 4.79 Å². The first-order chi connectivity index (χ1) is 5.93. The Bertz CT molecular complexity index is 275. The minimum atomic E-state index is 0.176. The Balaban J connectivity index is 2.38. The minimum Gasteiger partial charge on any atom is -0.299 e. The summed E-state index contributed by atoms with van der Waals surface area (Å²) in [6, 6.07) is 0. The molecule has 3 saturated carbocycles. The quantitative estimate of drug-likeness (QED) is 0.521. The van der Waals surface area contributed by atoms with E-state index < -0.39 is 0 Å². The molecule has 1 heteroatoms. The lowest BCUT2D eigenvalue weighted by atomic mass is 9.52. The van der Waals surface area contributed by atoms with E-state index in [1.165, 1.54) is 5.57 Å². The number of hydrogen-bond acceptors (Lipinski definition) is 1. The maximum Gasteiger partial charge on any atom is 0.140 e. The van der Waals surface area contributed by atoms with Crippen LogP contribution in [0.25, 0.3) is 0 Å². The first-order valence-corrected chi connectivity index (χ1v) is 5.15. The Hall–Kier alpha value is -0.590. The summed E-state index contributed by atoms with van der Waals surface area (Å²) in [7, 11) is 0. The first kappa shape index (κ1) is 8.98. The van der Waals surface area contributed by atoms with Gasteiger partial charge < -0.3 is 0 Å². The summed E-state index contributed by atoms with van der Waals surface area (Å²) in [5, 5.41) is 0. The third kappa shape index (κ3) is 1.09. The van der Waals surface area contributed by atoms with Gasteiger partial charge in [0, 0.05) is 12.3 Å². The number of allylic oxidation sites excluding steroid dienone is 1. The fraction of sp³-hybridized carbons (Fsp3) is 0.750. The molecule has 3 aliphatic rings. The lowest BCUT2D eigenvalue weighted by Crippen LogP contribution is -2.48. The largest absolute Gasteiger partial charge is 0.299 e. The number of carbonyl (C=O) groups is 1. The molecule has 13 heavy (non-hydrogen) atoms. The zero-order valence-electron chi connectivity index (χ0n) is 8.76. The molecular formula is C12H18O. The molecule has 0 unspecified atom stereocenters. The SMILES string of the molecule is C=C1[C@@H]2CC(C)(C)[C@@H](CC2=O)[C@@H]1C. The van der Waals surface area contributed by atoms with Crippen molar-refractivity contribution in [2.24, 2.45) is 23.2 Å². The molecule has 0 saturated heterocycles. The molecule has 0 aromatic heterocycles. The third-order valence-corrected chi connectivity index (χ3v) is 4.18. The standard InChI is InChI=1S/C12H18O/c1-7-8(2)10-5-11(13)9(7)6-12(10,3)4/h8-10H,1,5-6H2,2-4H3/t8-,9+,10+/m1/s1. The van der Waals surface area contributed by atoms with Crippen LogP contribution in [0.5, 0.6) is 0 Å². The summed E-state index contributed by atoms with van der Waals surface area (Å²) < 4.78 is 0. The highest BCUT2D eigenvalue weighted by Crippen LogP contribution is 2.55. The van der Waals surface area contributed by atoms with E-state index in [2.05, 4.69) is 27.4 Å². The first-order valence-electron chi connectivity index (χ1n) is 5.15. The smallest absolute Gasteiger partial charge is 0.140 e. The van der Waals surface area contributed by atoms with E-state index in [0.717, 1.165) is 12.8 Å². The Morgan fingerprint density at radius 3 is 2.62 bits per heavy atom. The molecule has 0 N–H and O–H groups in total. The molecular weight excluding hydrogens is 160 g/mol. The molecule has 72 valence electrons. The molecule has 0 spiro atoms. The number of fused-ring (bicyclic) bond motifs is 3. The highest BCUT2D eigenvalue weighted by molar-refractivity contribution is 5.86. The Morgan fingerprint density at radius 1 is 1.46 bits per heavy atom. The molecule has 3 rings (SSSR count). The molecule has 0 heterocycles. The van der Waals surface area contributed by atoms with E-state index in [1.807, 2.05) is 0 Å². The van der Waals surface area contributed by atoms with Crippen LogP contribution in [0.4, 0.5) is 0 Å². The van der Waals surface area contributed by atoms with Gasteiger partial charge in [-0.3, -0.25) is 4.79 Å². The van der Waals surface area contributed by atoms with Gasteiger partial charge in [-0.1, -0.05) is 32.9 Å². The van der Waals surface area contributed by atoms with Gasteiger partial charge in [0.2, 0.25) is 0 Å². The fourth-order valence-electron chi connectivity index (χ4n) is 3.19. The van der Waals surface area contributed by atoms with Crippen molar-refractivity contribution in [3.8, 4) is 0 Å². The normalized spacial score (nSPS) is 42.5. The van der Waals surface area contributed by atoms with Crippen LogP contribution in [0, 0.1) is 23.2 Å². The summed E-state index contributed by atoms with van der Waals surface area (Å²) >= 11 is 0. The summed E-state index contributed by atoms with van der Waals surface area (Å²) in [5.41, 5.74) is 1.54. The molecule has 1 nitrogen and oxygen atoms in total. The van der Waals surface area contributed by atoms with Gasteiger partial charge in [-0.25, -0.2) is 0 Å². The molecule has 3 atom stereocenters. The van der Waals surface area contributed by atoms with E-state index >= 15 is 0 Å². The fourth-order valence-corrected chi connectivity index (χ4v) is 3.19. The molecule has 0 aromatic rings. The van der Waals surface area contributed by atoms with E-state index in [1.54, 1.807) is 0 Å². The number of ketones is 1. The van der Waals surface area contributed by atoms with Crippen LogP contribution in [-0.4, -0.2) is 5.78 Å². The second kappa shape index (κ2) is 2.46. The van der Waals surface area contributed by atoms with Crippen molar-refractivity contribution in [3.63, 3.8) is 0 Å². The van der Waals surface area contributed by atoms with Crippen molar-refractivity contribution < 1.29 is 4.79 Å². The van der Waals surface area contributed by atoms with Gasteiger partial charge in [-0.05, 0) is 23.7 Å². The Kier molecular flexibility index (Phi) is 1.70. The van der Waals surface area contributed by atoms with Gasteiger partial charge in [0.15, 0.2) is 0 Å². The van der Waals surface area contributed by atoms with E-state index in [-0.39, 0.29) is 5.92 Å². The summed E-state index contributed by atoms with van der Waals surface area (Å²) in [4.78, 5) is 11.6. The average molecular weight is 178 g/mol. The maximum absolute atomic E-state index is 11.6. The topological polar surface area (TPSA) is 17.1 Å². The molecule has 3 aliphatic carbocycles. The van der Waals surface area contributed by atoms with Crippen molar-refractivity contribution >= 4 is 5.78 Å². The summed E-state index contributed by atoms with van der Waals surface area (Å²) in [5.74, 6) is 1.70. The monoisotopic (exact) mass is 178 g/mol. The van der Waals surface area contributed by atoms with Crippen molar-refractivity contribution in [3.05, 3.63) is 12.2 Å².